The molecule has 0 spiro atoms. The van der Waals surface area contributed by atoms with Crippen LogP contribution < -0.4 is 5.32 Å². The fourth-order valence-corrected chi connectivity index (χ4v) is 2.40. The fourth-order valence-electron chi connectivity index (χ4n) is 2.40. The van der Waals surface area contributed by atoms with Crippen molar-refractivity contribution in [1.82, 2.24) is 10.2 Å². The highest BCUT2D eigenvalue weighted by Gasteiger charge is 2.28. The van der Waals surface area contributed by atoms with Crippen molar-refractivity contribution in [3.8, 4) is 0 Å². The Morgan fingerprint density at radius 2 is 2.16 bits per heavy atom. The molecule has 1 aromatic heterocycles. The Kier molecular flexibility index (Phi) is 5.93. The van der Waals surface area contributed by atoms with Gasteiger partial charge in [-0.15, -0.1) is 0 Å². The van der Waals surface area contributed by atoms with Crippen LogP contribution in [0, 0.1) is 0 Å². The Bertz CT molecular complexity index is 357. The van der Waals surface area contributed by atoms with Crippen LogP contribution in [0.5, 0.6) is 0 Å². The fraction of sp³-hybridized carbons (Fsp3) is 0.750. The van der Waals surface area contributed by atoms with Gasteiger partial charge in [-0.3, -0.25) is 4.90 Å². The van der Waals surface area contributed by atoms with E-state index >= 15 is 0 Å². The van der Waals surface area contributed by atoms with Crippen LogP contribution in [0.15, 0.2) is 16.7 Å². The van der Waals surface area contributed by atoms with Crippen molar-refractivity contribution in [2.75, 3.05) is 13.1 Å². The van der Waals surface area contributed by atoms with E-state index in [1.165, 1.54) is 44.2 Å². The van der Waals surface area contributed by atoms with Crippen molar-refractivity contribution in [3.63, 3.8) is 0 Å². The molecule has 1 fully saturated rings. The van der Waals surface area contributed by atoms with Crippen LogP contribution in [-0.2, 0) is 13.1 Å². The molecule has 0 amide bonds. The maximum Gasteiger partial charge on any atom is 0.118 e. The monoisotopic (exact) mass is 264 g/mol. The molecule has 1 aromatic rings. The summed E-state index contributed by atoms with van der Waals surface area (Å²) in [7, 11) is 0. The first-order valence-electron chi connectivity index (χ1n) is 7.84. The molecule has 1 aliphatic carbocycles. The highest BCUT2D eigenvalue weighted by Crippen LogP contribution is 2.28. The minimum Gasteiger partial charge on any atom is -0.468 e. The van der Waals surface area contributed by atoms with Crippen molar-refractivity contribution in [1.29, 1.82) is 0 Å². The third kappa shape index (κ3) is 5.00. The zero-order chi connectivity index (χ0) is 13.5. The summed E-state index contributed by atoms with van der Waals surface area (Å²) in [6.45, 7) is 8.65. The number of unbranched alkanes of at least 4 members (excludes halogenated alkanes) is 1. The van der Waals surface area contributed by atoms with Gasteiger partial charge in [0.2, 0.25) is 0 Å². The number of furan rings is 1. The van der Waals surface area contributed by atoms with Crippen LogP contribution in [0.3, 0.4) is 0 Å². The first-order chi connectivity index (χ1) is 9.33. The lowest BCUT2D eigenvalue weighted by molar-refractivity contribution is 0.230. The SMILES string of the molecule is CCCCN(Cc1cc(CNCCC)co1)C1CC1. The normalized spacial score (nSPS) is 15.3. The average molecular weight is 264 g/mol. The summed E-state index contributed by atoms with van der Waals surface area (Å²) < 4.78 is 5.70. The second-order valence-electron chi connectivity index (χ2n) is 5.65. The van der Waals surface area contributed by atoms with E-state index in [9.17, 15) is 0 Å². The standard InChI is InChI=1S/C16H28N2O/c1-3-5-9-18(15-6-7-15)12-16-10-14(13-19-16)11-17-8-4-2/h10,13,15,17H,3-9,11-12H2,1-2H3. The molecule has 0 radical (unpaired) electrons. The van der Waals surface area contributed by atoms with Gasteiger partial charge in [0.25, 0.3) is 0 Å². The van der Waals surface area contributed by atoms with E-state index in [2.05, 4.69) is 30.1 Å². The van der Waals surface area contributed by atoms with Crippen LogP contribution >= 0.6 is 0 Å². The third-order valence-electron chi connectivity index (χ3n) is 3.69. The van der Waals surface area contributed by atoms with Gasteiger partial charge < -0.3 is 9.73 Å². The Balaban J connectivity index is 1.79. The Labute approximate surface area is 117 Å². The molecule has 0 atom stereocenters. The smallest absolute Gasteiger partial charge is 0.118 e. The number of nitrogens with zero attached hydrogens (tertiary/aromatic N) is 1. The predicted octanol–water partition coefficient (Wildman–Crippen LogP) is 3.54. The highest BCUT2D eigenvalue weighted by atomic mass is 16.3. The van der Waals surface area contributed by atoms with Crippen LogP contribution in [0.2, 0.25) is 0 Å². The Hall–Kier alpha value is -0.800. The molecule has 0 aromatic carbocycles. The molecule has 1 heterocycles. The van der Waals surface area contributed by atoms with Gasteiger partial charge in [-0.1, -0.05) is 20.3 Å². The lowest BCUT2D eigenvalue weighted by Crippen LogP contribution is -2.26. The summed E-state index contributed by atoms with van der Waals surface area (Å²) in [5.74, 6) is 1.12. The molecule has 1 aliphatic rings. The van der Waals surface area contributed by atoms with Gasteiger partial charge in [0.05, 0.1) is 12.8 Å². The largest absolute Gasteiger partial charge is 0.468 e. The molecule has 0 saturated heterocycles. The van der Waals surface area contributed by atoms with Gasteiger partial charge in [0, 0.05) is 18.2 Å². The molecule has 1 N–H and O–H groups in total. The summed E-state index contributed by atoms with van der Waals surface area (Å²) in [6.07, 6.45) is 8.39. The first kappa shape index (κ1) is 14.6. The van der Waals surface area contributed by atoms with E-state index < -0.39 is 0 Å². The molecule has 3 nitrogen and oxygen atoms in total. The molecule has 3 heteroatoms. The maximum atomic E-state index is 5.70. The van der Waals surface area contributed by atoms with Crippen molar-refractivity contribution in [2.24, 2.45) is 0 Å². The van der Waals surface area contributed by atoms with Crippen molar-refractivity contribution in [2.45, 2.75) is 65.1 Å². The van der Waals surface area contributed by atoms with Crippen LogP contribution in [-0.4, -0.2) is 24.0 Å². The molecule has 108 valence electrons. The van der Waals surface area contributed by atoms with Crippen molar-refractivity contribution < 1.29 is 4.42 Å². The summed E-state index contributed by atoms with van der Waals surface area (Å²) in [6, 6.07) is 3.03. The third-order valence-corrected chi connectivity index (χ3v) is 3.69. The molecule has 0 unspecified atom stereocenters. The quantitative estimate of drug-likeness (QED) is 0.655. The number of nitrogens with one attached hydrogen (secondary N) is 1. The lowest BCUT2D eigenvalue weighted by Gasteiger charge is -2.20. The molecule has 19 heavy (non-hydrogen) atoms. The summed E-state index contributed by atoms with van der Waals surface area (Å²) in [4.78, 5) is 2.59. The maximum absolute atomic E-state index is 5.70. The lowest BCUT2D eigenvalue weighted by atomic mass is 10.2. The average Bonchev–Trinajstić information content (AvgIpc) is 3.17. The number of rotatable bonds is 10. The van der Waals surface area contributed by atoms with Gasteiger partial charge in [-0.25, -0.2) is 0 Å². The van der Waals surface area contributed by atoms with Crippen LogP contribution in [0.25, 0.3) is 0 Å². The molecular formula is C16H28N2O. The topological polar surface area (TPSA) is 28.4 Å². The van der Waals surface area contributed by atoms with Crippen molar-refractivity contribution >= 4 is 0 Å². The molecule has 0 aliphatic heterocycles. The summed E-state index contributed by atoms with van der Waals surface area (Å²) in [5.41, 5.74) is 1.27. The van der Waals surface area contributed by atoms with E-state index in [1.807, 2.05) is 6.26 Å². The van der Waals surface area contributed by atoms with Gasteiger partial charge >= 0.3 is 0 Å². The van der Waals surface area contributed by atoms with Crippen LogP contribution in [0.4, 0.5) is 0 Å². The van der Waals surface area contributed by atoms with Gasteiger partial charge in [0.1, 0.15) is 5.76 Å². The second-order valence-corrected chi connectivity index (χ2v) is 5.65. The highest BCUT2D eigenvalue weighted by molar-refractivity contribution is 5.13. The summed E-state index contributed by atoms with van der Waals surface area (Å²) >= 11 is 0. The zero-order valence-corrected chi connectivity index (χ0v) is 12.5. The van der Waals surface area contributed by atoms with E-state index in [4.69, 9.17) is 4.42 Å². The first-order valence-corrected chi connectivity index (χ1v) is 7.84. The van der Waals surface area contributed by atoms with E-state index in [1.54, 1.807) is 0 Å². The molecule has 2 rings (SSSR count). The van der Waals surface area contributed by atoms with E-state index in [-0.39, 0.29) is 0 Å². The zero-order valence-electron chi connectivity index (χ0n) is 12.5. The molecular weight excluding hydrogens is 236 g/mol. The van der Waals surface area contributed by atoms with Gasteiger partial charge in [-0.05, 0) is 44.8 Å². The molecule has 0 bridgehead atoms. The van der Waals surface area contributed by atoms with E-state index in [0.717, 1.165) is 31.4 Å². The summed E-state index contributed by atoms with van der Waals surface area (Å²) in [5, 5.41) is 3.41. The predicted molar refractivity (Wildman–Crippen MR) is 79.0 cm³/mol. The molecule has 1 saturated carbocycles. The van der Waals surface area contributed by atoms with Gasteiger partial charge in [-0.2, -0.15) is 0 Å². The number of hydrogen-bond acceptors (Lipinski definition) is 3. The van der Waals surface area contributed by atoms with E-state index in [0.29, 0.717) is 0 Å². The van der Waals surface area contributed by atoms with Crippen molar-refractivity contribution in [3.05, 3.63) is 23.7 Å². The minimum atomic E-state index is 0.818. The van der Waals surface area contributed by atoms with Gasteiger partial charge in [0.15, 0.2) is 0 Å². The Morgan fingerprint density at radius 3 is 2.84 bits per heavy atom. The minimum absolute atomic E-state index is 0.818. The second kappa shape index (κ2) is 7.71. The van der Waals surface area contributed by atoms with Crippen LogP contribution in [0.1, 0.15) is 57.3 Å². The Morgan fingerprint density at radius 1 is 1.32 bits per heavy atom. The number of hydrogen-bond donors (Lipinski definition) is 1.